The van der Waals surface area contributed by atoms with Crippen molar-refractivity contribution in [3.63, 3.8) is 0 Å². The van der Waals surface area contributed by atoms with E-state index < -0.39 is 11.7 Å². The van der Waals surface area contributed by atoms with E-state index in [1.54, 1.807) is 6.07 Å². The fourth-order valence-corrected chi connectivity index (χ4v) is 2.59. The third-order valence-corrected chi connectivity index (χ3v) is 3.84. The molecule has 0 aliphatic rings. The third-order valence-electron chi connectivity index (χ3n) is 2.68. The zero-order valence-electron chi connectivity index (χ0n) is 10.4. The first kappa shape index (κ1) is 14.6. The van der Waals surface area contributed by atoms with Crippen LogP contribution in [0, 0.1) is 0 Å². The number of nitrogen functional groups attached to an aromatic ring is 2. The monoisotopic (exact) mass is 298 g/mol. The van der Waals surface area contributed by atoms with E-state index in [1.165, 1.54) is 17.8 Å². The summed E-state index contributed by atoms with van der Waals surface area (Å²) in [5.74, 6) is 0.598. The van der Waals surface area contributed by atoms with Crippen LogP contribution in [0.15, 0.2) is 47.4 Å². The maximum Gasteiger partial charge on any atom is 0.416 e. The van der Waals surface area contributed by atoms with E-state index in [0.717, 1.165) is 17.7 Å². The van der Waals surface area contributed by atoms with E-state index in [2.05, 4.69) is 0 Å². The van der Waals surface area contributed by atoms with Crippen LogP contribution in [-0.2, 0) is 11.9 Å². The maximum absolute atomic E-state index is 12.5. The van der Waals surface area contributed by atoms with Gasteiger partial charge in [-0.05, 0) is 35.9 Å². The topological polar surface area (TPSA) is 52.0 Å². The van der Waals surface area contributed by atoms with Crippen molar-refractivity contribution < 1.29 is 13.2 Å². The molecule has 0 amide bonds. The minimum atomic E-state index is -4.37. The molecular weight excluding hydrogens is 285 g/mol. The molecule has 4 N–H and O–H groups in total. The molecule has 0 heterocycles. The molecule has 2 aromatic carbocycles. The quantitative estimate of drug-likeness (QED) is 0.660. The highest BCUT2D eigenvalue weighted by Crippen LogP contribution is 2.35. The molecule has 0 spiro atoms. The molecule has 20 heavy (non-hydrogen) atoms. The summed E-state index contributed by atoms with van der Waals surface area (Å²) in [5.41, 5.74) is 12.4. The first-order chi connectivity index (χ1) is 9.36. The van der Waals surface area contributed by atoms with Crippen molar-refractivity contribution in [2.45, 2.75) is 16.8 Å². The van der Waals surface area contributed by atoms with Crippen molar-refractivity contribution in [1.29, 1.82) is 0 Å². The lowest BCUT2D eigenvalue weighted by Crippen LogP contribution is -2.05. The van der Waals surface area contributed by atoms with E-state index in [-0.39, 0.29) is 5.69 Å². The minimum absolute atomic E-state index is 0.133. The molecule has 6 heteroatoms. The van der Waals surface area contributed by atoms with E-state index in [0.29, 0.717) is 16.3 Å². The van der Waals surface area contributed by atoms with Crippen LogP contribution >= 0.6 is 11.8 Å². The number of alkyl halides is 3. The summed E-state index contributed by atoms with van der Waals surface area (Å²) in [7, 11) is 0. The Morgan fingerprint density at radius 3 is 2.35 bits per heavy atom. The van der Waals surface area contributed by atoms with Crippen LogP contribution in [-0.4, -0.2) is 0 Å². The number of nitrogens with two attached hydrogens (primary N) is 2. The summed E-state index contributed by atoms with van der Waals surface area (Å²) >= 11 is 1.38. The highest BCUT2D eigenvalue weighted by molar-refractivity contribution is 7.98. The predicted octanol–water partition coefficient (Wildman–Crippen LogP) is 4.16. The molecule has 0 atom stereocenters. The van der Waals surface area contributed by atoms with Crippen molar-refractivity contribution in [3.8, 4) is 0 Å². The van der Waals surface area contributed by atoms with Gasteiger partial charge in [0.25, 0.3) is 0 Å². The molecule has 0 aliphatic carbocycles. The molecule has 2 nitrogen and oxygen atoms in total. The number of hydrogen-bond donors (Lipinski definition) is 2. The lowest BCUT2D eigenvalue weighted by molar-refractivity contribution is -0.137. The Morgan fingerprint density at radius 1 is 1.00 bits per heavy atom. The average molecular weight is 298 g/mol. The van der Waals surface area contributed by atoms with Gasteiger partial charge in [0.05, 0.1) is 5.56 Å². The summed E-state index contributed by atoms with van der Waals surface area (Å²) in [6.45, 7) is 0. The van der Waals surface area contributed by atoms with Gasteiger partial charge in [0.1, 0.15) is 0 Å². The molecule has 0 bridgehead atoms. The van der Waals surface area contributed by atoms with Gasteiger partial charge in [0, 0.05) is 22.0 Å². The molecule has 0 saturated carbocycles. The molecule has 2 rings (SSSR count). The fourth-order valence-electron chi connectivity index (χ4n) is 1.70. The Labute approximate surface area is 119 Å². The number of rotatable bonds is 3. The normalized spacial score (nSPS) is 11.6. The second kappa shape index (κ2) is 5.66. The summed E-state index contributed by atoms with van der Waals surface area (Å²) in [4.78, 5) is 0.625. The van der Waals surface area contributed by atoms with Crippen LogP contribution in [0.4, 0.5) is 24.5 Å². The van der Waals surface area contributed by atoms with Crippen LogP contribution in [0.1, 0.15) is 11.1 Å². The van der Waals surface area contributed by atoms with Crippen molar-refractivity contribution in [3.05, 3.63) is 53.6 Å². The number of hydrogen-bond acceptors (Lipinski definition) is 3. The largest absolute Gasteiger partial charge is 0.416 e. The van der Waals surface area contributed by atoms with E-state index >= 15 is 0 Å². The van der Waals surface area contributed by atoms with E-state index in [4.69, 9.17) is 11.5 Å². The van der Waals surface area contributed by atoms with Gasteiger partial charge >= 0.3 is 6.18 Å². The van der Waals surface area contributed by atoms with Crippen LogP contribution in [0.25, 0.3) is 0 Å². The first-order valence-electron chi connectivity index (χ1n) is 5.80. The summed E-state index contributed by atoms with van der Waals surface area (Å²) in [6.07, 6.45) is -4.37. The SMILES string of the molecule is Nc1cccc(CSc2ccc(C(F)(F)F)cc2N)c1. The van der Waals surface area contributed by atoms with Gasteiger partial charge in [-0.25, -0.2) is 0 Å². The van der Waals surface area contributed by atoms with Crippen molar-refractivity contribution in [1.82, 2.24) is 0 Å². The van der Waals surface area contributed by atoms with Gasteiger partial charge in [-0.1, -0.05) is 12.1 Å². The molecule has 106 valence electrons. The molecule has 2 aromatic rings. The summed E-state index contributed by atoms with van der Waals surface area (Å²) < 4.78 is 37.6. The van der Waals surface area contributed by atoms with Gasteiger partial charge in [0.2, 0.25) is 0 Å². The van der Waals surface area contributed by atoms with Crippen LogP contribution in [0.5, 0.6) is 0 Å². The van der Waals surface area contributed by atoms with E-state index in [1.807, 2.05) is 18.2 Å². The van der Waals surface area contributed by atoms with Gasteiger partial charge in [0.15, 0.2) is 0 Å². The third kappa shape index (κ3) is 3.60. The Hall–Kier alpha value is -1.82. The molecule has 0 unspecified atom stereocenters. The smallest absolute Gasteiger partial charge is 0.399 e. The molecule has 0 aromatic heterocycles. The Kier molecular flexibility index (Phi) is 4.13. The minimum Gasteiger partial charge on any atom is -0.399 e. The molecular formula is C14H13F3N2S. The molecule has 0 aliphatic heterocycles. The Morgan fingerprint density at radius 2 is 1.75 bits per heavy atom. The number of anilines is 2. The van der Waals surface area contributed by atoms with Crippen molar-refractivity contribution in [2.24, 2.45) is 0 Å². The summed E-state index contributed by atoms with van der Waals surface area (Å²) in [5, 5.41) is 0. The van der Waals surface area contributed by atoms with Gasteiger partial charge in [-0.3, -0.25) is 0 Å². The number of benzene rings is 2. The lowest BCUT2D eigenvalue weighted by Gasteiger charge is -2.10. The van der Waals surface area contributed by atoms with Crippen LogP contribution in [0.3, 0.4) is 0 Å². The van der Waals surface area contributed by atoms with Crippen LogP contribution in [0.2, 0.25) is 0 Å². The Balaban J connectivity index is 2.11. The first-order valence-corrected chi connectivity index (χ1v) is 6.79. The van der Waals surface area contributed by atoms with Crippen LogP contribution < -0.4 is 11.5 Å². The van der Waals surface area contributed by atoms with Gasteiger partial charge in [-0.15, -0.1) is 11.8 Å². The number of thioether (sulfide) groups is 1. The summed E-state index contributed by atoms with van der Waals surface area (Å²) in [6, 6.07) is 10.7. The van der Waals surface area contributed by atoms with Crippen molar-refractivity contribution in [2.75, 3.05) is 11.5 Å². The van der Waals surface area contributed by atoms with Gasteiger partial charge in [-0.2, -0.15) is 13.2 Å². The van der Waals surface area contributed by atoms with E-state index in [9.17, 15) is 13.2 Å². The highest BCUT2D eigenvalue weighted by atomic mass is 32.2. The molecule has 0 saturated heterocycles. The molecule has 0 fully saturated rings. The zero-order chi connectivity index (χ0) is 14.8. The molecule has 0 radical (unpaired) electrons. The standard InChI is InChI=1S/C14H13F3N2S/c15-14(16,17)10-4-5-13(12(19)7-10)20-8-9-2-1-3-11(18)6-9/h1-7H,8,18-19H2. The fraction of sp³-hybridized carbons (Fsp3) is 0.143. The second-order valence-corrected chi connectivity index (χ2v) is 5.30. The Bertz CT molecular complexity index is 612. The van der Waals surface area contributed by atoms with Gasteiger partial charge < -0.3 is 11.5 Å². The lowest BCUT2D eigenvalue weighted by atomic mass is 10.2. The average Bonchev–Trinajstić information content (AvgIpc) is 2.36. The highest BCUT2D eigenvalue weighted by Gasteiger charge is 2.30. The number of halogens is 3. The maximum atomic E-state index is 12.5. The van der Waals surface area contributed by atoms with Crippen molar-refractivity contribution >= 4 is 23.1 Å². The predicted molar refractivity (Wildman–Crippen MR) is 76.3 cm³/mol. The second-order valence-electron chi connectivity index (χ2n) is 4.28. The zero-order valence-corrected chi connectivity index (χ0v) is 11.3.